The van der Waals surface area contributed by atoms with Crippen LogP contribution in [0.3, 0.4) is 0 Å². The Morgan fingerprint density at radius 1 is 1.46 bits per heavy atom. The Bertz CT molecular complexity index is 392. The second-order valence-electron chi connectivity index (χ2n) is 2.73. The number of carbonyl (C=O) groups is 1. The van der Waals surface area contributed by atoms with E-state index < -0.39 is 6.04 Å². The molecule has 2 rings (SSSR count). The van der Waals surface area contributed by atoms with Crippen molar-refractivity contribution in [1.29, 1.82) is 0 Å². The number of carbonyl (C=O) groups excluding carboxylic acids is 1. The summed E-state index contributed by atoms with van der Waals surface area (Å²) in [6.45, 7) is 0. The Morgan fingerprint density at radius 3 is 2.92 bits per heavy atom. The first-order valence-electron chi connectivity index (χ1n) is 3.65. The van der Waals surface area contributed by atoms with Crippen LogP contribution in [0.4, 0.5) is 5.69 Å². The largest absolute Gasteiger partial charge is 0.323 e. The summed E-state index contributed by atoms with van der Waals surface area (Å²) in [5.41, 5.74) is 1.30. The van der Waals surface area contributed by atoms with Crippen LogP contribution in [0.15, 0.2) is 27.8 Å². The molecule has 1 N–H and O–H groups in total. The molecule has 0 saturated heterocycles. The number of amides is 1. The monoisotopic (exact) mass is 240 g/mol. The number of anilines is 1. The topological polar surface area (TPSA) is 58.5 Å². The predicted octanol–water partition coefficient (Wildman–Crippen LogP) is 2.21. The summed E-state index contributed by atoms with van der Waals surface area (Å²) in [7, 11) is 0. The van der Waals surface area contributed by atoms with Gasteiger partial charge in [0.25, 0.3) is 5.91 Å². The van der Waals surface area contributed by atoms with Crippen molar-refractivity contribution < 1.29 is 4.79 Å². The van der Waals surface area contributed by atoms with Gasteiger partial charge in [0.2, 0.25) is 0 Å². The summed E-state index contributed by atoms with van der Waals surface area (Å²) in [4.78, 5) is 21.5. The van der Waals surface area contributed by atoms with Crippen LogP contribution in [0.1, 0.15) is 11.6 Å². The van der Waals surface area contributed by atoms with E-state index in [0.717, 1.165) is 4.47 Å². The summed E-state index contributed by atoms with van der Waals surface area (Å²) >= 11 is 3.26. The van der Waals surface area contributed by atoms with Crippen LogP contribution in [0.5, 0.6) is 0 Å². The van der Waals surface area contributed by atoms with Gasteiger partial charge >= 0.3 is 0 Å². The Balaban J connectivity index is 2.55. The number of hydrogen-bond acceptors (Lipinski definition) is 3. The van der Waals surface area contributed by atoms with Gasteiger partial charge in [-0.15, -0.1) is 4.91 Å². The maximum absolute atomic E-state index is 11.2. The smallest absolute Gasteiger partial charge is 0.257 e. The molecule has 0 aromatic heterocycles. The molecule has 0 radical (unpaired) electrons. The van der Waals surface area contributed by atoms with Crippen molar-refractivity contribution in [2.24, 2.45) is 5.18 Å². The molecule has 5 heteroatoms. The molecule has 66 valence electrons. The molecule has 0 aliphatic carbocycles. The fourth-order valence-electron chi connectivity index (χ4n) is 1.32. The minimum Gasteiger partial charge on any atom is -0.323 e. The molecule has 1 heterocycles. The lowest BCUT2D eigenvalue weighted by Gasteiger charge is -1.98. The number of rotatable bonds is 1. The Labute approximate surface area is 82.4 Å². The number of nitrogens with one attached hydrogen (secondary N) is 1. The van der Waals surface area contributed by atoms with Gasteiger partial charge in [-0.3, -0.25) is 4.79 Å². The van der Waals surface area contributed by atoms with Crippen LogP contribution in [-0.4, -0.2) is 5.91 Å². The minimum absolute atomic E-state index is 0.358. The first-order valence-corrected chi connectivity index (χ1v) is 4.44. The van der Waals surface area contributed by atoms with Crippen molar-refractivity contribution in [3.63, 3.8) is 0 Å². The van der Waals surface area contributed by atoms with Crippen molar-refractivity contribution >= 4 is 27.5 Å². The van der Waals surface area contributed by atoms with Crippen molar-refractivity contribution in [2.75, 3.05) is 5.32 Å². The third kappa shape index (κ3) is 1.25. The first-order chi connectivity index (χ1) is 6.22. The Hall–Kier alpha value is -1.23. The highest BCUT2D eigenvalue weighted by molar-refractivity contribution is 9.10. The quantitative estimate of drug-likeness (QED) is 0.766. The number of benzene rings is 1. The van der Waals surface area contributed by atoms with Crippen LogP contribution < -0.4 is 5.32 Å². The highest BCUT2D eigenvalue weighted by atomic mass is 79.9. The third-order valence-corrected chi connectivity index (χ3v) is 2.41. The maximum Gasteiger partial charge on any atom is 0.257 e. The second-order valence-corrected chi connectivity index (χ2v) is 3.64. The maximum atomic E-state index is 11.2. The fourth-order valence-corrected chi connectivity index (χ4v) is 1.70. The van der Waals surface area contributed by atoms with Gasteiger partial charge in [-0.2, -0.15) is 0 Å². The lowest BCUT2D eigenvalue weighted by Crippen LogP contribution is -2.09. The van der Waals surface area contributed by atoms with E-state index in [1.807, 2.05) is 0 Å². The third-order valence-electron chi connectivity index (χ3n) is 1.92. The molecule has 0 saturated carbocycles. The van der Waals surface area contributed by atoms with Gasteiger partial charge in [-0.05, 0) is 18.2 Å². The van der Waals surface area contributed by atoms with Gasteiger partial charge in [0.05, 0.1) is 0 Å². The van der Waals surface area contributed by atoms with Crippen molar-refractivity contribution in [3.8, 4) is 0 Å². The van der Waals surface area contributed by atoms with Crippen molar-refractivity contribution in [2.45, 2.75) is 6.04 Å². The Kier molecular flexibility index (Phi) is 1.88. The molecule has 1 aromatic rings. The molecule has 13 heavy (non-hydrogen) atoms. The molecule has 1 aliphatic heterocycles. The molecule has 1 aromatic carbocycles. The van der Waals surface area contributed by atoms with Gasteiger partial charge < -0.3 is 5.32 Å². The van der Waals surface area contributed by atoms with Crippen LogP contribution >= 0.6 is 15.9 Å². The van der Waals surface area contributed by atoms with E-state index in [9.17, 15) is 9.70 Å². The average molecular weight is 241 g/mol. The van der Waals surface area contributed by atoms with Gasteiger partial charge in [-0.1, -0.05) is 21.1 Å². The summed E-state index contributed by atoms with van der Waals surface area (Å²) < 4.78 is 0.830. The number of nitroso groups, excluding NO2 is 1. The van der Waals surface area contributed by atoms with E-state index in [4.69, 9.17) is 0 Å². The van der Waals surface area contributed by atoms with Gasteiger partial charge in [-0.25, -0.2) is 0 Å². The minimum atomic E-state index is -0.896. The molecular formula is C8H5BrN2O2. The van der Waals surface area contributed by atoms with Crippen molar-refractivity contribution in [3.05, 3.63) is 33.1 Å². The van der Waals surface area contributed by atoms with E-state index in [2.05, 4.69) is 26.4 Å². The lowest BCUT2D eigenvalue weighted by atomic mass is 10.1. The zero-order valence-corrected chi connectivity index (χ0v) is 8.04. The van der Waals surface area contributed by atoms with E-state index in [1.54, 1.807) is 18.2 Å². The summed E-state index contributed by atoms with van der Waals surface area (Å²) in [6.07, 6.45) is 0. The second kappa shape index (κ2) is 2.92. The van der Waals surface area contributed by atoms with Gasteiger partial charge in [0.1, 0.15) is 0 Å². The zero-order chi connectivity index (χ0) is 9.42. The first kappa shape index (κ1) is 8.37. The van der Waals surface area contributed by atoms with E-state index >= 15 is 0 Å². The van der Waals surface area contributed by atoms with Crippen LogP contribution in [0.25, 0.3) is 0 Å². The highest BCUT2D eigenvalue weighted by Gasteiger charge is 2.31. The van der Waals surface area contributed by atoms with Crippen LogP contribution in [0.2, 0.25) is 0 Å². The molecule has 4 nitrogen and oxygen atoms in total. The normalized spacial score (nSPS) is 19.5. The zero-order valence-electron chi connectivity index (χ0n) is 6.45. The summed E-state index contributed by atoms with van der Waals surface area (Å²) in [5.74, 6) is -0.358. The number of fused-ring (bicyclic) bond motifs is 1. The predicted molar refractivity (Wildman–Crippen MR) is 51.3 cm³/mol. The number of halogens is 1. The molecule has 0 spiro atoms. The lowest BCUT2D eigenvalue weighted by molar-refractivity contribution is -0.116. The fraction of sp³-hybridized carbons (Fsp3) is 0.125. The molecule has 1 atom stereocenters. The summed E-state index contributed by atoms with van der Waals surface area (Å²) in [6, 6.07) is 4.36. The number of hydrogen-bond donors (Lipinski definition) is 1. The molecule has 1 aliphatic rings. The van der Waals surface area contributed by atoms with E-state index in [-0.39, 0.29) is 5.91 Å². The highest BCUT2D eigenvalue weighted by Crippen LogP contribution is 2.34. The Morgan fingerprint density at radius 2 is 2.23 bits per heavy atom. The van der Waals surface area contributed by atoms with E-state index in [0.29, 0.717) is 11.3 Å². The van der Waals surface area contributed by atoms with E-state index in [1.165, 1.54) is 0 Å². The molecule has 0 bridgehead atoms. The van der Waals surface area contributed by atoms with Crippen molar-refractivity contribution in [1.82, 2.24) is 0 Å². The van der Waals surface area contributed by atoms with Gasteiger partial charge in [0, 0.05) is 15.7 Å². The summed E-state index contributed by atoms with van der Waals surface area (Å²) in [5, 5.41) is 5.34. The van der Waals surface area contributed by atoms with Gasteiger partial charge in [0.15, 0.2) is 6.04 Å². The molecule has 1 amide bonds. The molecular weight excluding hydrogens is 236 g/mol. The van der Waals surface area contributed by atoms with Crippen LogP contribution in [-0.2, 0) is 4.79 Å². The number of nitrogens with zero attached hydrogens (tertiary/aromatic N) is 1. The average Bonchev–Trinajstić information content (AvgIpc) is 2.40. The molecule has 1 unspecified atom stereocenters. The SMILES string of the molecule is O=NC1C(=O)Nc2ccc(Br)cc21. The standard InChI is InChI=1S/C8H5BrN2O2/c9-4-1-2-6-5(3-4)7(11-13)8(12)10-6/h1-3,7H,(H,10,12). The van der Waals surface area contributed by atoms with Crippen LogP contribution in [0, 0.1) is 4.91 Å². The molecule has 0 fully saturated rings.